The molecule has 0 atom stereocenters. The fourth-order valence-corrected chi connectivity index (χ4v) is 1.79. The second kappa shape index (κ2) is 7.40. The van der Waals surface area contributed by atoms with Crippen LogP contribution in [0.25, 0.3) is 5.57 Å². The van der Waals surface area contributed by atoms with Crippen LogP contribution in [0.3, 0.4) is 0 Å². The van der Waals surface area contributed by atoms with Gasteiger partial charge in [-0.3, -0.25) is 0 Å². The van der Waals surface area contributed by atoms with E-state index in [0.717, 1.165) is 6.42 Å². The van der Waals surface area contributed by atoms with E-state index in [1.807, 2.05) is 13.1 Å². The van der Waals surface area contributed by atoms with Crippen LogP contribution < -0.4 is 4.90 Å². The molecule has 0 aliphatic carbocycles. The van der Waals surface area contributed by atoms with Gasteiger partial charge in [-0.1, -0.05) is 6.08 Å². The second-order valence-corrected chi connectivity index (χ2v) is 4.26. The molecular weight excluding hydrogens is 400 g/mol. The van der Waals surface area contributed by atoms with E-state index in [1.54, 1.807) is 0 Å². The standard InChI is InChI=1S/C14H17N2.CH3.Ir/c1-15(2)14-8-4-6-12(10-14)13-7-5-9-16(3)11-13;;/h4-5,8-11H,7H2,1-3H3;1H3;/q2*-1;. The van der Waals surface area contributed by atoms with Crippen LogP contribution >= 0.6 is 0 Å². The van der Waals surface area contributed by atoms with Crippen molar-refractivity contribution in [2.24, 2.45) is 0 Å². The first-order valence-corrected chi connectivity index (χ1v) is 5.45. The third-order valence-electron chi connectivity index (χ3n) is 2.69. The summed E-state index contributed by atoms with van der Waals surface area (Å²) in [6.45, 7) is 0. The Morgan fingerprint density at radius 2 is 2.06 bits per heavy atom. The average molecular weight is 421 g/mol. The van der Waals surface area contributed by atoms with Crippen molar-refractivity contribution in [1.29, 1.82) is 0 Å². The maximum absolute atomic E-state index is 3.30. The Hall–Kier alpha value is -1.05. The fourth-order valence-electron chi connectivity index (χ4n) is 1.79. The number of rotatable bonds is 2. The van der Waals surface area contributed by atoms with E-state index in [0.29, 0.717) is 0 Å². The van der Waals surface area contributed by atoms with Gasteiger partial charge < -0.3 is 17.2 Å². The van der Waals surface area contributed by atoms with Crippen LogP contribution in [0.4, 0.5) is 5.69 Å². The summed E-state index contributed by atoms with van der Waals surface area (Å²) in [4.78, 5) is 4.19. The van der Waals surface area contributed by atoms with Gasteiger partial charge in [0.25, 0.3) is 0 Å². The molecule has 1 aliphatic heterocycles. The zero-order valence-electron chi connectivity index (χ0n) is 11.4. The Morgan fingerprint density at radius 3 is 2.67 bits per heavy atom. The van der Waals surface area contributed by atoms with E-state index in [9.17, 15) is 0 Å². The van der Waals surface area contributed by atoms with Crippen molar-refractivity contribution in [2.75, 3.05) is 26.0 Å². The van der Waals surface area contributed by atoms with Crippen molar-refractivity contribution < 1.29 is 20.1 Å². The average Bonchev–Trinajstić information content (AvgIpc) is 2.29. The van der Waals surface area contributed by atoms with Crippen LogP contribution in [0.15, 0.2) is 36.7 Å². The van der Waals surface area contributed by atoms with Gasteiger partial charge in [0.15, 0.2) is 0 Å². The second-order valence-electron chi connectivity index (χ2n) is 4.26. The summed E-state index contributed by atoms with van der Waals surface area (Å²) in [7, 11) is 6.16. The summed E-state index contributed by atoms with van der Waals surface area (Å²) in [5, 5.41) is 0. The molecule has 1 aromatic carbocycles. The molecule has 0 saturated carbocycles. The molecule has 0 bridgehead atoms. The zero-order chi connectivity index (χ0) is 11.5. The summed E-state index contributed by atoms with van der Waals surface area (Å²) < 4.78 is 0. The van der Waals surface area contributed by atoms with Crippen molar-refractivity contribution in [3.8, 4) is 0 Å². The van der Waals surface area contributed by atoms with E-state index in [-0.39, 0.29) is 27.5 Å². The predicted octanol–water partition coefficient (Wildman–Crippen LogP) is 3.19. The first-order chi connectivity index (χ1) is 7.66. The summed E-state index contributed by atoms with van der Waals surface area (Å²) in [5.74, 6) is 0. The quantitative estimate of drug-likeness (QED) is 0.678. The van der Waals surface area contributed by atoms with Crippen molar-refractivity contribution in [1.82, 2.24) is 4.90 Å². The fraction of sp³-hybridized carbons (Fsp3) is 0.267. The van der Waals surface area contributed by atoms with Gasteiger partial charge in [0, 0.05) is 41.2 Å². The maximum atomic E-state index is 3.30. The van der Waals surface area contributed by atoms with E-state index >= 15 is 0 Å². The van der Waals surface area contributed by atoms with Crippen LogP contribution in [-0.4, -0.2) is 26.0 Å². The topological polar surface area (TPSA) is 6.48 Å². The minimum absolute atomic E-state index is 0. The maximum Gasteiger partial charge on any atom is 0.00975 e. The largest absolute Gasteiger partial charge is 0.394 e. The predicted molar refractivity (Wildman–Crippen MR) is 75.5 cm³/mol. The summed E-state index contributed by atoms with van der Waals surface area (Å²) in [5.41, 5.74) is 3.71. The Bertz CT molecular complexity index is 436. The first kappa shape index (κ1) is 16.9. The number of benzene rings is 1. The van der Waals surface area contributed by atoms with Gasteiger partial charge in [0.2, 0.25) is 0 Å². The first-order valence-electron chi connectivity index (χ1n) is 5.45. The van der Waals surface area contributed by atoms with Gasteiger partial charge in [-0.25, -0.2) is 0 Å². The normalized spacial score (nSPS) is 13.3. The summed E-state index contributed by atoms with van der Waals surface area (Å²) >= 11 is 0. The van der Waals surface area contributed by atoms with Gasteiger partial charge in [-0.05, 0) is 24.5 Å². The van der Waals surface area contributed by atoms with Gasteiger partial charge >= 0.3 is 0 Å². The number of hydrogen-bond acceptors (Lipinski definition) is 2. The van der Waals surface area contributed by atoms with Crippen LogP contribution in [0.5, 0.6) is 0 Å². The smallest absolute Gasteiger partial charge is 0.00975 e. The van der Waals surface area contributed by atoms with Crippen LogP contribution in [0.1, 0.15) is 12.0 Å². The van der Waals surface area contributed by atoms with E-state index in [4.69, 9.17) is 0 Å². The SMILES string of the molecule is CN1C=CCC(c2[c-]ccc(N(C)C)c2)=C1.[CH3-].[Ir]. The molecule has 1 heterocycles. The molecule has 3 heteroatoms. The van der Waals surface area contributed by atoms with E-state index < -0.39 is 0 Å². The molecule has 101 valence electrons. The molecule has 0 amide bonds. The molecule has 2 rings (SSSR count). The summed E-state index contributed by atoms with van der Waals surface area (Å²) in [6, 6.07) is 9.54. The van der Waals surface area contributed by atoms with Gasteiger partial charge in [-0.2, -0.15) is 0 Å². The van der Waals surface area contributed by atoms with Crippen molar-refractivity contribution in [3.05, 3.63) is 55.7 Å². The third kappa shape index (κ3) is 4.01. The zero-order valence-corrected chi connectivity index (χ0v) is 13.8. The Morgan fingerprint density at radius 1 is 1.33 bits per heavy atom. The monoisotopic (exact) mass is 421 g/mol. The van der Waals surface area contributed by atoms with Gasteiger partial charge in [0.05, 0.1) is 0 Å². The molecule has 18 heavy (non-hydrogen) atoms. The number of hydrogen-bond donors (Lipinski definition) is 0. The molecule has 0 unspecified atom stereocenters. The van der Waals surface area contributed by atoms with Crippen LogP contribution in [0, 0.1) is 13.5 Å². The van der Waals surface area contributed by atoms with Crippen molar-refractivity contribution >= 4 is 11.3 Å². The van der Waals surface area contributed by atoms with E-state index in [1.165, 1.54) is 16.8 Å². The Balaban J connectivity index is 0.00000144. The Kier molecular flexibility index (Phi) is 6.97. The molecule has 1 radical (unpaired) electrons. The minimum Gasteiger partial charge on any atom is -0.394 e. The van der Waals surface area contributed by atoms with Crippen molar-refractivity contribution in [3.63, 3.8) is 0 Å². The minimum atomic E-state index is 0. The van der Waals surface area contributed by atoms with E-state index in [2.05, 4.69) is 60.6 Å². The number of anilines is 1. The third-order valence-corrected chi connectivity index (χ3v) is 2.69. The molecule has 2 nitrogen and oxygen atoms in total. The van der Waals surface area contributed by atoms with Gasteiger partial charge in [0.1, 0.15) is 0 Å². The molecular formula is C15H20IrN2-2. The number of nitrogens with zero attached hydrogens (tertiary/aromatic N) is 2. The molecule has 0 N–H and O–H groups in total. The molecule has 0 saturated heterocycles. The summed E-state index contributed by atoms with van der Waals surface area (Å²) in [6.07, 6.45) is 7.40. The van der Waals surface area contributed by atoms with Crippen molar-refractivity contribution in [2.45, 2.75) is 6.42 Å². The van der Waals surface area contributed by atoms with Crippen LogP contribution in [-0.2, 0) is 20.1 Å². The van der Waals surface area contributed by atoms with Gasteiger partial charge in [-0.15, -0.1) is 35.4 Å². The molecule has 1 aromatic rings. The molecule has 1 aliphatic rings. The van der Waals surface area contributed by atoms with Crippen LogP contribution in [0.2, 0.25) is 0 Å². The Labute approximate surface area is 124 Å². The number of allylic oxidation sites excluding steroid dienone is 2. The molecule has 0 aromatic heterocycles. The molecule has 0 fully saturated rings. The molecule has 0 spiro atoms.